The van der Waals surface area contributed by atoms with E-state index >= 15 is 0 Å². The average Bonchev–Trinajstić information content (AvgIpc) is 2.36. The van der Waals surface area contributed by atoms with E-state index in [2.05, 4.69) is 22.5 Å². The molecular formula is C12H13BrO4. The van der Waals surface area contributed by atoms with Crippen molar-refractivity contribution in [1.29, 1.82) is 0 Å². The summed E-state index contributed by atoms with van der Waals surface area (Å²) < 4.78 is 16.1. The predicted molar refractivity (Wildman–Crippen MR) is 68.3 cm³/mol. The molecule has 5 heteroatoms. The van der Waals surface area contributed by atoms with Gasteiger partial charge < -0.3 is 14.2 Å². The summed E-state index contributed by atoms with van der Waals surface area (Å²) >= 11 is 3.31. The Morgan fingerprint density at radius 1 is 1.24 bits per heavy atom. The maximum atomic E-state index is 11.7. The van der Waals surface area contributed by atoms with Gasteiger partial charge in [0.1, 0.15) is 0 Å². The van der Waals surface area contributed by atoms with Crippen molar-refractivity contribution in [1.82, 2.24) is 0 Å². The fourth-order valence-electron chi connectivity index (χ4n) is 1.41. The van der Waals surface area contributed by atoms with E-state index < -0.39 is 0 Å². The Hall–Kier alpha value is -1.49. The lowest BCUT2D eigenvalue weighted by Crippen LogP contribution is -2.02. The van der Waals surface area contributed by atoms with Crippen LogP contribution >= 0.6 is 15.9 Å². The smallest absolute Gasteiger partial charge is 0.204 e. The zero-order valence-corrected chi connectivity index (χ0v) is 11.5. The summed E-state index contributed by atoms with van der Waals surface area (Å²) in [6.45, 7) is 3.45. The first-order valence-corrected chi connectivity index (χ1v) is 5.55. The molecule has 1 rings (SSSR count). The van der Waals surface area contributed by atoms with Crippen LogP contribution < -0.4 is 14.2 Å². The minimum atomic E-state index is -0.226. The molecule has 0 heterocycles. The molecule has 0 aliphatic heterocycles. The van der Waals surface area contributed by atoms with Crippen LogP contribution in [-0.4, -0.2) is 27.1 Å². The van der Waals surface area contributed by atoms with Crippen LogP contribution in [0, 0.1) is 0 Å². The second-order valence-corrected chi connectivity index (χ2v) is 3.87. The quantitative estimate of drug-likeness (QED) is 0.619. The highest BCUT2D eigenvalue weighted by Gasteiger charge is 2.21. The summed E-state index contributed by atoms with van der Waals surface area (Å²) in [5, 5.41) is 0. The molecule has 92 valence electrons. The number of halogens is 1. The highest BCUT2D eigenvalue weighted by molar-refractivity contribution is 9.10. The lowest BCUT2D eigenvalue weighted by Gasteiger charge is -2.15. The van der Waals surface area contributed by atoms with Gasteiger partial charge in [0.15, 0.2) is 17.3 Å². The van der Waals surface area contributed by atoms with Gasteiger partial charge in [0, 0.05) is 5.56 Å². The van der Waals surface area contributed by atoms with Crippen molar-refractivity contribution in [2.45, 2.75) is 0 Å². The van der Waals surface area contributed by atoms with Crippen LogP contribution in [-0.2, 0) is 0 Å². The highest BCUT2D eigenvalue weighted by Crippen LogP contribution is 2.44. The molecule has 0 aliphatic carbocycles. The molecule has 0 aromatic heterocycles. The summed E-state index contributed by atoms with van der Waals surface area (Å²) in [4.78, 5) is 11.7. The highest BCUT2D eigenvalue weighted by atomic mass is 79.9. The van der Waals surface area contributed by atoms with E-state index in [9.17, 15) is 4.79 Å². The lowest BCUT2D eigenvalue weighted by molar-refractivity contribution is 0.104. The van der Waals surface area contributed by atoms with E-state index in [-0.39, 0.29) is 5.78 Å². The number of benzene rings is 1. The molecule has 0 N–H and O–H groups in total. The van der Waals surface area contributed by atoms with E-state index in [0.717, 1.165) is 0 Å². The number of hydrogen-bond acceptors (Lipinski definition) is 4. The third-order valence-corrected chi connectivity index (χ3v) is 3.01. The SMILES string of the molecule is C=CC(=O)c1cc(OC)c(OC)c(OC)c1Br. The first kappa shape index (κ1) is 13.6. The van der Waals surface area contributed by atoms with Gasteiger partial charge in [0.2, 0.25) is 5.75 Å². The van der Waals surface area contributed by atoms with Crippen LogP contribution in [0.4, 0.5) is 0 Å². The molecule has 17 heavy (non-hydrogen) atoms. The zero-order valence-electron chi connectivity index (χ0n) is 9.87. The van der Waals surface area contributed by atoms with Crippen molar-refractivity contribution >= 4 is 21.7 Å². The maximum Gasteiger partial charge on any atom is 0.204 e. The third-order valence-electron chi connectivity index (χ3n) is 2.22. The van der Waals surface area contributed by atoms with Gasteiger partial charge in [-0.15, -0.1) is 0 Å². The molecule has 0 fully saturated rings. The Labute approximate surface area is 108 Å². The van der Waals surface area contributed by atoms with Crippen molar-refractivity contribution < 1.29 is 19.0 Å². The van der Waals surface area contributed by atoms with E-state index in [1.54, 1.807) is 6.07 Å². The van der Waals surface area contributed by atoms with Crippen molar-refractivity contribution in [3.8, 4) is 17.2 Å². The lowest BCUT2D eigenvalue weighted by atomic mass is 10.1. The van der Waals surface area contributed by atoms with Crippen molar-refractivity contribution in [3.05, 3.63) is 28.8 Å². The van der Waals surface area contributed by atoms with Gasteiger partial charge in [0.25, 0.3) is 0 Å². The van der Waals surface area contributed by atoms with Gasteiger partial charge in [-0.05, 0) is 28.1 Å². The number of ketones is 1. The summed E-state index contributed by atoms with van der Waals surface area (Å²) in [6.07, 6.45) is 1.23. The number of allylic oxidation sites excluding steroid dienone is 1. The third kappa shape index (κ3) is 2.44. The topological polar surface area (TPSA) is 44.8 Å². The maximum absolute atomic E-state index is 11.7. The van der Waals surface area contributed by atoms with Crippen LogP contribution in [0.25, 0.3) is 0 Å². The summed E-state index contributed by atoms with van der Waals surface area (Å²) in [5.41, 5.74) is 0.412. The van der Waals surface area contributed by atoms with Gasteiger partial charge in [-0.1, -0.05) is 6.58 Å². The Balaban J connectivity index is 3.56. The summed E-state index contributed by atoms with van der Waals surface area (Å²) in [5.74, 6) is 1.05. The van der Waals surface area contributed by atoms with Crippen LogP contribution in [0.5, 0.6) is 17.2 Å². The summed E-state index contributed by atoms with van der Waals surface area (Å²) in [6, 6.07) is 1.58. The molecule has 0 aliphatic rings. The van der Waals surface area contributed by atoms with Gasteiger partial charge in [0.05, 0.1) is 25.8 Å². The van der Waals surface area contributed by atoms with Crippen LogP contribution in [0.3, 0.4) is 0 Å². The van der Waals surface area contributed by atoms with Crippen molar-refractivity contribution in [2.75, 3.05) is 21.3 Å². The Kier molecular flexibility index (Phi) is 4.57. The van der Waals surface area contributed by atoms with Gasteiger partial charge >= 0.3 is 0 Å². The van der Waals surface area contributed by atoms with Crippen molar-refractivity contribution in [2.24, 2.45) is 0 Å². The van der Waals surface area contributed by atoms with Crippen LogP contribution in [0.1, 0.15) is 10.4 Å². The molecule has 0 saturated carbocycles. The normalized spacial score (nSPS) is 9.65. The van der Waals surface area contributed by atoms with Crippen molar-refractivity contribution in [3.63, 3.8) is 0 Å². The number of hydrogen-bond donors (Lipinski definition) is 0. The van der Waals surface area contributed by atoms with E-state index in [1.807, 2.05) is 0 Å². The molecule has 0 bridgehead atoms. The number of carbonyl (C=O) groups is 1. The van der Waals surface area contributed by atoms with E-state index in [4.69, 9.17) is 14.2 Å². The first-order valence-electron chi connectivity index (χ1n) is 4.75. The fraction of sp³-hybridized carbons (Fsp3) is 0.250. The average molecular weight is 301 g/mol. The standard InChI is InChI=1S/C12H13BrO4/c1-5-8(14)7-6-9(15-2)11(16-3)12(17-4)10(7)13/h5-6H,1H2,2-4H3. The number of rotatable bonds is 5. The molecule has 0 radical (unpaired) electrons. The Morgan fingerprint density at radius 3 is 2.24 bits per heavy atom. The molecule has 1 aromatic rings. The zero-order chi connectivity index (χ0) is 13.0. The Bertz CT molecular complexity index is 454. The monoisotopic (exact) mass is 300 g/mol. The molecular weight excluding hydrogens is 288 g/mol. The molecule has 0 saturated heterocycles. The number of ether oxygens (including phenoxy) is 3. The Morgan fingerprint density at radius 2 is 1.82 bits per heavy atom. The molecule has 0 unspecified atom stereocenters. The number of methoxy groups -OCH3 is 3. The first-order chi connectivity index (χ1) is 8.10. The molecule has 0 atom stereocenters. The van der Waals surface area contributed by atoms with Gasteiger partial charge in [-0.3, -0.25) is 4.79 Å². The molecule has 0 amide bonds. The fourth-order valence-corrected chi connectivity index (χ4v) is 2.06. The van der Waals surface area contributed by atoms with Gasteiger partial charge in [-0.25, -0.2) is 0 Å². The summed E-state index contributed by atoms with van der Waals surface area (Å²) in [7, 11) is 4.49. The second kappa shape index (κ2) is 5.72. The van der Waals surface area contributed by atoms with Crippen LogP contribution in [0.2, 0.25) is 0 Å². The van der Waals surface area contributed by atoms with Crippen LogP contribution in [0.15, 0.2) is 23.2 Å². The largest absolute Gasteiger partial charge is 0.493 e. The molecule has 4 nitrogen and oxygen atoms in total. The number of carbonyl (C=O) groups excluding carboxylic acids is 1. The van der Waals surface area contributed by atoms with Gasteiger partial charge in [-0.2, -0.15) is 0 Å². The minimum Gasteiger partial charge on any atom is -0.493 e. The minimum absolute atomic E-state index is 0.226. The molecule has 1 aromatic carbocycles. The molecule has 0 spiro atoms. The van der Waals surface area contributed by atoms with E-state index in [1.165, 1.54) is 27.4 Å². The van der Waals surface area contributed by atoms with E-state index in [0.29, 0.717) is 27.3 Å². The predicted octanol–water partition coefficient (Wildman–Crippen LogP) is 2.84. The second-order valence-electron chi connectivity index (χ2n) is 3.08.